The van der Waals surface area contributed by atoms with E-state index in [2.05, 4.69) is 77.2 Å². The molecule has 0 radical (unpaired) electrons. The van der Waals surface area contributed by atoms with E-state index in [4.69, 9.17) is 4.43 Å². The van der Waals surface area contributed by atoms with Crippen LogP contribution in [0.15, 0.2) is 30.3 Å². The van der Waals surface area contributed by atoms with E-state index in [0.29, 0.717) is 0 Å². The first-order valence-electron chi connectivity index (χ1n) is 8.66. The summed E-state index contributed by atoms with van der Waals surface area (Å²) in [6, 6.07) is 8.61. The summed E-state index contributed by atoms with van der Waals surface area (Å²) in [5.41, 5.74) is 2.61. The second kappa shape index (κ2) is 8.69. The molecule has 0 heterocycles. The molecule has 1 aromatic carbocycles. The van der Waals surface area contributed by atoms with Crippen molar-refractivity contribution in [2.24, 2.45) is 0 Å². The molecule has 0 spiro atoms. The molecular weight excluding hydrogens is 284 g/mol. The fourth-order valence-corrected chi connectivity index (χ4v) is 2.97. The van der Waals surface area contributed by atoms with Crippen molar-refractivity contribution in [2.75, 3.05) is 0 Å². The third-order valence-corrected chi connectivity index (χ3v) is 9.20. The highest BCUT2D eigenvalue weighted by molar-refractivity contribution is 6.74. The van der Waals surface area contributed by atoms with Gasteiger partial charge in [0, 0.05) is 0 Å². The predicted octanol–water partition coefficient (Wildman–Crippen LogP) is 6.80. The standard InChI is InChI=1S/C20H34OSi/c1-7-8-9-10-11-14-18-15-12-13-16-19(18)17-21-22(5,6)20(2,3)4/h11-16H,7-10,17H2,1-6H3. The summed E-state index contributed by atoms with van der Waals surface area (Å²) in [5, 5.41) is 0.262. The van der Waals surface area contributed by atoms with Crippen molar-refractivity contribution >= 4 is 14.4 Å². The second-order valence-electron chi connectivity index (χ2n) is 7.65. The Morgan fingerprint density at radius 2 is 1.77 bits per heavy atom. The first-order chi connectivity index (χ1) is 10.3. The first-order valence-corrected chi connectivity index (χ1v) is 11.6. The van der Waals surface area contributed by atoms with Crippen LogP contribution in [-0.4, -0.2) is 8.32 Å². The number of benzene rings is 1. The monoisotopic (exact) mass is 318 g/mol. The van der Waals surface area contributed by atoms with E-state index in [9.17, 15) is 0 Å². The molecule has 124 valence electrons. The van der Waals surface area contributed by atoms with E-state index >= 15 is 0 Å². The molecule has 1 rings (SSSR count). The van der Waals surface area contributed by atoms with Crippen LogP contribution in [-0.2, 0) is 11.0 Å². The number of rotatable bonds is 8. The molecule has 0 aliphatic heterocycles. The Morgan fingerprint density at radius 3 is 2.41 bits per heavy atom. The summed E-state index contributed by atoms with van der Waals surface area (Å²) in [7, 11) is -1.68. The summed E-state index contributed by atoms with van der Waals surface area (Å²) in [5.74, 6) is 0. The predicted molar refractivity (Wildman–Crippen MR) is 102 cm³/mol. The Balaban J connectivity index is 2.68. The highest BCUT2D eigenvalue weighted by Crippen LogP contribution is 2.37. The molecule has 0 fully saturated rings. The Labute approximate surface area is 138 Å². The molecule has 0 bridgehead atoms. The third-order valence-electron chi connectivity index (χ3n) is 4.72. The molecule has 0 atom stereocenters. The second-order valence-corrected chi connectivity index (χ2v) is 12.5. The maximum Gasteiger partial charge on any atom is 0.192 e. The Hall–Kier alpha value is -0.863. The molecule has 0 aliphatic carbocycles. The van der Waals surface area contributed by atoms with Crippen LogP contribution in [0.1, 0.15) is 64.5 Å². The van der Waals surface area contributed by atoms with Gasteiger partial charge in [-0.15, -0.1) is 0 Å². The summed E-state index contributed by atoms with van der Waals surface area (Å²) in [6.45, 7) is 14.5. The smallest absolute Gasteiger partial charge is 0.192 e. The summed E-state index contributed by atoms with van der Waals surface area (Å²) >= 11 is 0. The van der Waals surface area contributed by atoms with Gasteiger partial charge in [0.1, 0.15) is 0 Å². The van der Waals surface area contributed by atoms with Crippen molar-refractivity contribution in [3.05, 3.63) is 41.5 Å². The Kier molecular flexibility index (Phi) is 7.57. The zero-order valence-electron chi connectivity index (χ0n) is 15.4. The van der Waals surface area contributed by atoms with Gasteiger partial charge in [-0.2, -0.15) is 0 Å². The van der Waals surface area contributed by atoms with E-state index in [-0.39, 0.29) is 5.04 Å². The van der Waals surface area contributed by atoms with Gasteiger partial charge in [-0.3, -0.25) is 0 Å². The zero-order chi connectivity index (χ0) is 16.6. The lowest BCUT2D eigenvalue weighted by Gasteiger charge is -2.36. The van der Waals surface area contributed by atoms with Gasteiger partial charge < -0.3 is 4.43 Å². The summed E-state index contributed by atoms with van der Waals surface area (Å²) in [6.07, 6.45) is 9.63. The normalized spacial score (nSPS) is 13.0. The minimum atomic E-state index is -1.68. The highest BCUT2D eigenvalue weighted by Gasteiger charge is 2.37. The Morgan fingerprint density at radius 1 is 1.09 bits per heavy atom. The van der Waals surface area contributed by atoms with E-state index in [1.54, 1.807) is 0 Å². The van der Waals surface area contributed by atoms with Crippen LogP contribution in [0.3, 0.4) is 0 Å². The molecule has 2 heteroatoms. The lowest BCUT2D eigenvalue weighted by Crippen LogP contribution is -2.40. The van der Waals surface area contributed by atoms with Crippen molar-refractivity contribution < 1.29 is 4.43 Å². The number of hydrogen-bond donors (Lipinski definition) is 0. The average Bonchev–Trinajstić information content (AvgIpc) is 2.45. The van der Waals surface area contributed by atoms with Crippen LogP contribution in [0.4, 0.5) is 0 Å². The van der Waals surface area contributed by atoms with Crippen molar-refractivity contribution in [3.8, 4) is 0 Å². The molecule has 0 aliphatic rings. The molecule has 0 unspecified atom stereocenters. The van der Waals surface area contributed by atoms with E-state index < -0.39 is 8.32 Å². The van der Waals surface area contributed by atoms with E-state index in [0.717, 1.165) is 6.61 Å². The van der Waals surface area contributed by atoms with Gasteiger partial charge >= 0.3 is 0 Å². The van der Waals surface area contributed by atoms with Gasteiger partial charge in [-0.05, 0) is 42.1 Å². The third kappa shape index (κ3) is 6.10. The van der Waals surface area contributed by atoms with Crippen LogP contribution < -0.4 is 0 Å². The fourth-order valence-electron chi connectivity index (χ4n) is 2.03. The minimum absolute atomic E-state index is 0.262. The van der Waals surface area contributed by atoms with Gasteiger partial charge in [0.15, 0.2) is 8.32 Å². The minimum Gasteiger partial charge on any atom is -0.413 e. The van der Waals surface area contributed by atoms with Crippen molar-refractivity contribution in [1.82, 2.24) is 0 Å². The largest absolute Gasteiger partial charge is 0.413 e. The summed E-state index contributed by atoms with van der Waals surface area (Å²) < 4.78 is 6.37. The average molecular weight is 319 g/mol. The van der Waals surface area contributed by atoms with Gasteiger partial charge in [0.2, 0.25) is 0 Å². The van der Waals surface area contributed by atoms with Crippen LogP contribution in [0.5, 0.6) is 0 Å². The van der Waals surface area contributed by atoms with Gasteiger partial charge in [0.05, 0.1) is 6.61 Å². The zero-order valence-corrected chi connectivity index (χ0v) is 16.4. The molecule has 0 saturated heterocycles. The molecule has 22 heavy (non-hydrogen) atoms. The first kappa shape index (κ1) is 19.2. The molecule has 0 N–H and O–H groups in total. The van der Waals surface area contributed by atoms with Gasteiger partial charge in [-0.1, -0.05) is 77.0 Å². The van der Waals surface area contributed by atoms with E-state index in [1.165, 1.54) is 36.8 Å². The molecule has 0 aromatic heterocycles. The highest BCUT2D eigenvalue weighted by atomic mass is 28.4. The van der Waals surface area contributed by atoms with Crippen molar-refractivity contribution in [1.29, 1.82) is 0 Å². The lowest BCUT2D eigenvalue weighted by molar-refractivity contribution is 0.276. The van der Waals surface area contributed by atoms with Crippen molar-refractivity contribution in [2.45, 2.75) is 78.1 Å². The van der Waals surface area contributed by atoms with Crippen molar-refractivity contribution in [3.63, 3.8) is 0 Å². The van der Waals surface area contributed by atoms with Gasteiger partial charge in [-0.25, -0.2) is 0 Å². The molecule has 0 saturated carbocycles. The lowest BCUT2D eigenvalue weighted by atomic mass is 10.1. The van der Waals surface area contributed by atoms with Crippen LogP contribution >= 0.6 is 0 Å². The summed E-state index contributed by atoms with van der Waals surface area (Å²) in [4.78, 5) is 0. The number of unbranched alkanes of at least 4 members (excludes halogenated alkanes) is 3. The number of hydrogen-bond acceptors (Lipinski definition) is 1. The molecule has 1 nitrogen and oxygen atoms in total. The SMILES string of the molecule is CCCCCC=Cc1ccccc1CO[Si](C)(C)C(C)(C)C. The maximum atomic E-state index is 6.37. The van der Waals surface area contributed by atoms with E-state index in [1.807, 2.05) is 0 Å². The quantitative estimate of drug-likeness (QED) is 0.378. The van der Waals surface area contributed by atoms with Gasteiger partial charge in [0.25, 0.3) is 0 Å². The number of allylic oxidation sites excluding steroid dienone is 1. The maximum absolute atomic E-state index is 6.37. The van der Waals surface area contributed by atoms with Crippen LogP contribution in [0, 0.1) is 0 Å². The fraction of sp³-hybridized carbons (Fsp3) is 0.600. The topological polar surface area (TPSA) is 9.23 Å². The van der Waals surface area contributed by atoms with Crippen LogP contribution in [0.2, 0.25) is 18.1 Å². The Bertz CT molecular complexity index is 469. The molecule has 0 amide bonds. The molecular formula is C20H34OSi. The molecule has 1 aromatic rings. The van der Waals surface area contributed by atoms with Crippen LogP contribution in [0.25, 0.3) is 6.08 Å².